The molecule has 0 saturated carbocycles. The summed E-state index contributed by atoms with van der Waals surface area (Å²) < 4.78 is 22.9. The van der Waals surface area contributed by atoms with E-state index in [-0.39, 0.29) is 5.75 Å². The summed E-state index contributed by atoms with van der Waals surface area (Å²) in [5, 5.41) is 7.07. The number of rotatable bonds is 2. The SMILES string of the molecule is NS(=O)(=O)Cc1ccc2cc(Br)ccc2c1. The largest absolute Gasteiger partial charge is 0.228 e. The molecule has 2 aromatic rings. The predicted molar refractivity (Wildman–Crippen MR) is 68.5 cm³/mol. The molecule has 0 heterocycles. The molecule has 2 rings (SSSR count). The van der Waals surface area contributed by atoms with E-state index in [1.54, 1.807) is 6.07 Å². The van der Waals surface area contributed by atoms with Crippen LogP contribution in [0.5, 0.6) is 0 Å². The van der Waals surface area contributed by atoms with Crippen molar-refractivity contribution in [2.24, 2.45) is 5.14 Å². The van der Waals surface area contributed by atoms with Crippen molar-refractivity contribution in [3.63, 3.8) is 0 Å². The second-order valence-corrected chi connectivity index (χ2v) is 6.16. The summed E-state index contributed by atoms with van der Waals surface area (Å²) in [6.45, 7) is 0. The average molecular weight is 300 g/mol. The second kappa shape index (κ2) is 4.16. The Morgan fingerprint density at radius 1 is 1.06 bits per heavy atom. The van der Waals surface area contributed by atoms with Gasteiger partial charge in [0.15, 0.2) is 0 Å². The molecule has 0 bridgehead atoms. The number of primary sulfonamides is 1. The second-order valence-electron chi connectivity index (χ2n) is 3.63. The van der Waals surface area contributed by atoms with Gasteiger partial charge in [0.2, 0.25) is 10.0 Å². The van der Waals surface area contributed by atoms with E-state index in [0.717, 1.165) is 15.2 Å². The predicted octanol–water partition coefficient (Wildman–Crippen LogP) is 2.39. The number of sulfonamides is 1. The Kier molecular flexibility index (Phi) is 3.01. The molecule has 0 amide bonds. The van der Waals surface area contributed by atoms with Crippen molar-refractivity contribution >= 4 is 36.7 Å². The third kappa shape index (κ3) is 2.81. The van der Waals surface area contributed by atoms with Crippen LogP contribution in [0.4, 0.5) is 0 Å². The molecule has 0 fully saturated rings. The van der Waals surface area contributed by atoms with Gasteiger partial charge in [-0.3, -0.25) is 0 Å². The first-order valence-electron chi connectivity index (χ1n) is 4.63. The Morgan fingerprint density at radius 3 is 2.38 bits per heavy atom. The van der Waals surface area contributed by atoms with Crippen LogP contribution in [0.25, 0.3) is 10.8 Å². The van der Waals surface area contributed by atoms with Crippen LogP contribution in [0.2, 0.25) is 0 Å². The maximum Gasteiger partial charge on any atom is 0.213 e. The van der Waals surface area contributed by atoms with Crippen LogP contribution in [-0.2, 0) is 15.8 Å². The average Bonchev–Trinajstić information content (AvgIpc) is 2.16. The van der Waals surface area contributed by atoms with Crippen LogP contribution in [-0.4, -0.2) is 8.42 Å². The van der Waals surface area contributed by atoms with Crippen molar-refractivity contribution < 1.29 is 8.42 Å². The highest BCUT2D eigenvalue weighted by atomic mass is 79.9. The molecule has 0 aliphatic heterocycles. The van der Waals surface area contributed by atoms with Crippen LogP contribution < -0.4 is 5.14 Å². The lowest BCUT2D eigenvalue weighted by Gasteiger charge is -2.03. The Hall–Kier alpha value is -0.910. The summed E-state index contributed by atoms with van der Waals surface area (Å²) in [5.74, 6) is -0.126. The third-order valence-electron chi connectivity index (χ3n) is 2.23. The minimum Gasteiger partial charge on any atom is -0.228 e. The summed E-state index contributed by atoms with van der Waals surface area (Å²) in [6.07, 6.45) is 0. The van der Waals surface area contributed by atoms with Gasteiger partial charge in [-0.2, -0.15) is 0 Å². The fourth-order valence-electron chi connectivity index (χ4n) is 1.59. The molecule has 0 aliphatic rings. The fourth-order valence-corrected chi connectivity index (χ4v) is 2.61. The first-order chi connectivity index (χ1) is 7.44. The van der Waals surface area contributed by atoms with Gasteiger partial charge in [0.1, 0.15) is 0 Å². The van der Waals surface area contributed by atoms with Crippen molar-refractivity contribution in [2.75, 3.05) is 0 Å². The Morgan fingerprint density at radius 2 is 1.69 bits per heavy atom. The summed E-state index contributed by atoms with van der Waals surface area (Å²) in [7, 11) is -3.46. The first-order valence-corrected chi connectivity index (χ1v) is 7.13. The normalized spacial score (nSPS) is 11.9. The van der Waals surface area contributed by atoms with Gasteiger partial charge in [0.25, 0.3) is 0 Å². The van der Waals surface area contributed by atoms with E-state index >= 15 is 0 Å². The quantitative estimate of drug-likeness (QED) is 0.925. The smallest absolute Gasteiger partial charge is 0.213 e. The molecule has 2 aromatic carbocycles. The molecule has 0 spiro atoms. The number of fused-ring (bicyclic) bond motifs is 1. The van der Waals surface area contributed by atoms with Crippen molar-refractivity contribution in [3.8, 4) is 0 Å². The van der Waals surface area contributed by atoms with Gasteiger partial charge >= 0.3 is 0 Å². The zero-order valence-electron chi connectivity index (χ0n) is 8.35. The highest BCUT2D eigenvalue weighted by molar-refractivity contribution is 9.10. The maximum atomic E-state index is 11.0. The van der Waals surface area contributed by atoms with Gasteiger partial charge in [0, 0.05) is 4.47 Å². The number of benzene rings is 2. The highest BCUT2D eigenvalue weighted by Crippen LogP contribution is 2.21. The molecule has 0 radical (unpaired) electrons. The van der Waals surface area contributed by atoms with E-state index in [0.29, 0.717) is 5.56 Å². The van der Waals surface area contributed by atoms with Crippen LogP contribution in [0.3, 0.4) is 0 Å². The Labute approximate surface area is 102 Å². The standard InChI is InChI=1S/C11H10BrNO2S/c12-11-4-3-9-5-8(7-16(13,14)15)1-2-10(9)6-11/h1-6H,7H2,(H2,13,14,15). The number of hydrogen-bond acceptors (Lipinski definition) is 2. The van der Waals surface area contributed by atoms with Crippen molar-refractivity contribution in [1.82, 2.24) is 0 Å². The molecule has 0 aliphatic carbocycles. The van der Waals surface area contributed by atoms with E-state index in [9.17, 15) is 8.42 Å². The number of halogens is 1. The van der Waals surface area contributed by atoms with Gasteiger partial charge in [-0.25, -0.2) is 13.6 Å². The van der Waals surface area contributed by atoms with Gasteiger partial charge < -0.3 is 0 Å². The van der Waals surface area contributed by atoms with Crippen LogP contribution in [0.15, 0.2) is 40.9 Å². The molecule has 0 saturated heterocycles. The third-order valence-corrected chi connectivity index (χ3v) is 3.46. The lowest BCUT2D eigenvalue weighted by atomic mass is 10.1. The van der Waals surface area contributed by atoms with E-state index < -0.39 is 10.0 Å². The van der Waals surface area contributed by atoms with Crippen LogP contribution in [0, 0.1) is 0 Å². The van der Waals surface area contributed by atoms with Gasteiger partial charge in [-0.05, 0) is 28.5 Å². The fraction of sp³-hybridized carbons (Fsp3) is 0.0909. The molecule has 0 aromatic heterocycles. The van der Waals surface area contributed by atoms with Crippen molar-refractivity contribution in [3.05, 3.63) is 46.4 Å². The van der Waals surface area contributed by atoms with E-state index in [1.807, 2.05) is 30.3 Å². The molecule has 2 N–H and O–H groups in total. The zero-order chi connectivity index (χ0) is 11.8. The molecule has 0 atom stereocenters. The molecule has 0 unspecified atom stereocenters. The summed E-state index contributed by atoms with van der Waals surface area (Å²) >= 11 is 3.38. The van der Waals surface area contributed by atoms with E-state index in [1.165, 1.54) is 0 Å². The number of hydrogen-bond donors (Lipinski definition) is 1. The lowest BCUT2D eigenvalue weighted by Crippen LogP contribution is -2.14. The van der Waals surface area contributed by atoms with Gasteiger partial charge in [-0.1, -0.05) is 40.2 Å². The molecule has 16 heavy (non-hydrogen) atoms. The summed E-state index contributed by atoms with van der Waals surface area (Å²) in [6, 6.07) is 11.3. The van der Waals surface area contributed by atoms with E-state index in [2.05, 4.69) is 15.9 Å². The number of nitrogens with two attached hydrogens (primary N) is 1. The van der Waals surface area contributed by atoms with Crippen LogP contribution >= 0.6 is 15.9 Å². The van der Waals surface area contributed by atoms with Crippen LogP contribution in [0.1, 0.15) is 5.56 Å². The first kappa shape index (κ1) is 11.6. The molecule has 3 nitrogen and oxygen atoms in total. The molecular weight excluding hydrogens is 290 g/mol. The van der Waals surface area contributed by atoms with Gasteiger partial charge in [-0.15, -0.1) is 0 Å². The maximum absolute atomic E-state index is 11.0. The molecular formula is C11H10BrNO2S. The highest BCUT2D eigenvalue weighted by Gasteiger charge is 2.05. The minimum absolute atomic E-state index is 0.126. The van der Waals surface area contributed by atoms with Crippen molar-refractivity contribution in [2.45, 2.75) is 5.75 Å². The Balaban J connectivity index is 2.49. The lowest BCUT2D eigenvalue weighted by molar-refractivity contribution is 0.597. The monoisotopic (exact) mass is 299 g/mol. The van der Waals surface area contributed by atoms with Crippen molar-refractivity contribution in [1.29, 1.82) is 0 Å². The van der Waals surface area contributed by atoms with E-state index in [4.69, 9.17) is 5.14 Å². The minimum atomic E-state index is -3.46. The summed E-state index contributed by atoms with van der Waals surface area (Å²) in [4.78, 5) is 0. The Bertz CT molecular complexity index is 637. The summed E-state index contributed by atoms with van der Waals surface area (Å²) in [5.41, 5.74) is 0.706. The van der Waals surface area contributed by atoms with Gasteiger partial charge in [0.05, 0.1) is 5.75 Å². The molecule has 84 valence electrons. The zero-order valence-corrected chi connectivity index (χ0v) is 10.8. The molecule has 5 heteroatoms. The topological polar surface area (TPSA) is 60.2 Å².